The zero-order chi connectivity index (χ0) is 17.9. The number of anilines is 1. The van der Waals surface area contributed by atoms with Crippen molar-refractivity contribution in [3.05, 3.63) is 57.4 Å². The second-order valence-corrected chi connectivity index (χ2v) is 6.01. The van der Waals surface area contributed by atoms with E-state index >= 15 is 0 Å². The van der Waals surface area contributed by atoms with Gasteiger partial charge in [0, 0.05) is 28.6 Å². The van der Waals surface area contributed by atoms with Crippen molar-refractivity contribution in [1.82, 2.24) is 4.57 Å². The molecule has 2 rings (SSSR count). The van der Waals surface area contributed by atoms with E-state index in [9.17, 15) is 10.1 Å². The van der Waals surface area contributed by atoms with Gasteiger partial charge in [-0.05, 0) is 63.1 Å². The Bertz CT molecular complexity index is 856. The van der Waals surface area contributed by atoms with Crippen LogP contribution in [0.4, 0.5) is 5.69 Å². The molecule has 0 unspecified atom stereocenters. The summed E-state index contributed by atoms with van der Waals surface area (Å²) >= 11 is 6.06. The predicted molar refractivity (Wildman–Crippen MR) is 98.0 cm³/mol. The summed E-state index contributed by atoms with van der Waals surface area (Å²) in [5, 5.41) is 12.7. The molecule has 0 aliphatic carbocycles. The first kappa shape index (κ1) is 17.8. The largest absolute Gasteiger partial charge is 0.349 e. The van der Waals surface area contributed by atoms with Crippen molar-refractivity contribution < 1.29 is 4.79 Å². The molecule has 1 aromatic heterocycles. The van der Waals surface area contributed by atoms with Crippen LogP contribution < -0.4 is 5.32 Å². The van der Waals surface area contributed by atoms with Crippen molar-refractivity contribution in [1.29, 1.82) is 5.26 Å². The van der Waals surface area contributed by atoms with Gasteiger partial charge in [-0.25, -0.2) is 0 Å². The van der Waals surface area contributed by atoms with Crippen molar-refractivity contribution in [2.24, 2.45) is 0 Å². The Morgan fingerprint density at radius 1 is 1.38 bits per heavy atom. The number of hydrogen-bond donors (Lipinski definition) is 1. The molecule has 0 atom stereocenters. The van der Waals surface area contributed by atoms with Crippen LogP contribution in [0.5, 0.6) is 0 Å². The Morgan fingerprint density at radius 3 is 2.67 bits per heavy atom. The van der Waals surface area contributed by atoms with Crippen molar-refractivity contribution >= 4 is 29.3 Å². The number of hydrogen-bond acceptors (Lipinski definition) is 2. The highest BCUT2D eigenvalue weighted by Crippen LogP contribution is 2.24. The fraction of sp³-hybridized carbons (Fsp3) is 0.263. The summed E-state index contributed by atoms with van der Waals surface area (Å²) in [5.74, 6) is -0.441. The second-order valence-electron chi connectivity index (χ2n) is 5.61. The Hall–Kier alpha value is -2.51. The quantitative estimate of drug-likeness (QED) is 0.651. The number of nitrogens with zero attached hydrogens (tertiary/aromatic N) is 2. The molecule has 1 amide bonds. The normalized spacial score (nSPS) is 11.2. The Kier molecular flexibility index (Phi) is 5.48. The molecule has 1 N–H and O–H groups in total. The van der Waals surface area contributed by atoms with E-state index in [0.717, 1.165) is 29.1 Å². The van der Waals surface area contributed by atoms with Gasteiger partial charge in [-0.3, -0.25) is 4.79 Å². The highest BCUT2D eigenvalue weighted by Gasteiger charge is 2.14. The zero-order valence-electron chi connectivity index (χ0n) is 14.3. The van der Waals surface area contributed by atoms with Gasteiger partial charge < -0.3 is 9.88 Å². The van der Waals surface area contributed by atoms with E-state index in [1.807, 2.05) is 32.9 Å². The number of nitriles is 1. The highest BCUT2D eigenvalue weighted by atomic mass is 35.5. The third-order valence-corrected chi connectivity index (χ3v) is 4.52. The van der Waals surface area contributed by atoms with E-state index in [2.05, 4.69) is 16.8 Å². The first-order chi connectivity index (χ1) is 11.4. The maximum absolute atomic E-state index is 12.4. The van der Waals surface area contributed by atoms with Gasteiger partial charge >= 0.3 is 0 Å². The van der Waals surface area contributed by atoms with Gasteiger partial charge in [0.05, 0.1) is 0 Å². The lowest BCUT2D eigenvalue weighted by Crippen LogP contribution is -2.14. The lowest BCUT2D eigenvalue weighted by atomic mass is 10.1. The van der Waals surface area contributed by atoms with Crippen molar-refractivity contribution in [3.63, 3.8) is 0 Å². The molecule has 0 aliphatic heterocycles. The van der Waals surface area contributed by atoms with Gasteiger partial charge in [-0.2, -0.15) is 5.26 Å². The van der Waals surface area contributed by atoms with Gasteiger partial charge in [0.1, 0.15) is 11.6 Å². The third-order valence-electron chi connectivity index (χ3n) is 4.11. The zero-order valence-corrected chi connectivity index (χ0v) is 15.0. The molecule has 0 radical (unpaired) electrons. The lowest BCUT2D eigenvalue weighted by molar-refractivity contribution is -0.112. The van der Waals surface area contributed by atoms with Crippen LogP contribution in [0, 0.1) is 32.1 Å². The minimum atomic E-state index is -0.441. The summed E-state index contributed by atoms with van der Waals surface area (Å²) < 4.78 is 2.14. The fourth-order valence-electron chi connectivity index (χ4n) is 2.70. The second kappa shape index (κ2) is 7.37. The molecular formula is C19H20ClN3O. The van der Waals surface area contributed by atoms with Crippen LogP contribution in [-0.4, -0.2) is 10.5 Å². The van der Waals surface area contributed by atoms with Crippen LogP contribution in [0.3, 0.4) is 0 Å². The Balaban J connectivity index is 2.33. The molecule has 0 bridgehead atoms. The Morgan fingerprint density at radius 2 is 2.08 bits per heavy atom. The van der Waals surface area contributed by atoms with Crippen molar-refractivity contribution in [2.45, 2.75) is 34.2 Å². The van der Waals surface area contributed by atoms with Crippen LogP contribution in [0.2, 0.25) is 5.02 Å². The van der Waals surface area contributed by atoms with E-state index in [1.54, 1.807) is 24.3 Å². The third kappa shape index (κ3) is 3.52. The number of carbonyl (C=O) groups is 1. The molecule has 0 aliphatic rings. The Labute approximate surface area is 147 Å². The first-order valence-electron chi connectivity index (χ1n) is 7.74. The summed E-state index contributed by atoms with van der Waals surface area (Å²) in [6.07, 6.45) is 1.63. The molecule has 5 heteroatoms. The molecular weight excluding hydrogens is 322 g/mol. The summed E-state index contributed by atoms with van der Waals surface area (Å²) in [6, 6.07) is 9.24. The average Bonchev–Trinajstić information content (AvgIpc) is 2.82. The number of halogens is 1. The molecule has 0 saturated heterocycles. The standard InChI is InChI=1S/C19H20ClN3O/c1-5-23-12(2)9-15(14(23)4)10-16(11-21)19(24)22-18-8-6-7-17(20)13(18)3/h6-10H,5H2,1-4H3,(H,22,24)/b16-10-. The van der Waals surface area contributed by atoms with E-state index < -0.39 is 5.91 Å². The molecule has 124 valence electrons. The molecule has 0 spiro atoms. The van der Waals surface area contributed by atoms with Crippen LogP contribution >= 0.6 is 11.6 Å². The van der Waals surface area contributed by atoms with Crippen LogP contribution in [-0.2, 0) is 11.3 Å². The van der Waals surface area contributed by atoms with Crippen LogP contribution in [0.1, 0.15) is 29.4 Å². The maximum Gasteiger partial charge on any atom is 0.266 e. The fourth-order valence-corrected chi connectivity index (χ4v) is 2.87. The molecule has 1 aromatic carbocycles. The topological polar surface area (TPSA) is 57.8 Å². The minimum Gasteiger partial charge on any atom is -0.349 e. The number of rotatable bonds is 4. The molecule has 1 heterocycles. The first-order valence-corrected chi connectivity index (χ1v) is 8.11. The monoisotopic (exact) mass is 341 g/mol. The summed E-state index contributed by atoms with van der Waals surface area (Å²) in [4.78, 5) is 12.4. The summed E-state index contributed by atoms with van der Waals surface area (Å²) in [7, 11) is 0. The maximum atomic E-state index is 12.4. The predicted octanol–water partition coefficient (Wildman–Crippen LogP) is 4.63. The molecule has 2 aromatic rings. The van der Waals surface area contributed by atoms with E-state index in [1.165, 1.54) is 0 Å². The van der Waals surface area contributed by atoms with E-state index in [4.69, 9.17) is 11.6 Å². The highest BCUT2D eigenvalue weighted by molar-refractivity contribution is 6.31. The summed E-state index contributed by atoms with van der Waals surface area (Å²) in [6.45, 7) is 8.73. The summed E-state index contributed by atoms with van der Waals surface area (Å²) in [5.41, 5.74) is 4.45. The molecule has 0 saturated carbocycles. The van der Waals surface area contributed by atoms with E-state index in [0.29, 0.717) is 10.7 Å². The van der Waals surface area contributed by atoms with Gasteiger partial charge in [0.15, 0.2) is 0 Å². The van der Waals surface area contributed by atoms with Crippen molar-refractivity contribution in [3.8, 4) is 6.07 Å². The number of benzene rings is 1. The minimum absolute atomic E-state index is 0.0609. The number of carbonyl (C=O) groups excluding carboxylic acids is 1. The van der Waals surface area contributed by atoms with Crippen LogP contribution in [0.25, 0.3) is 6.08 Å². The van der Waals surface area contributed by atoms with Gasteiger partial charge in [0.25, 0.3) is 5.91 Å². The van der Waals surface area contributed by atoms with Gasteiger partial charge in [0.2, 0.25) is 0 Å². The number of nitrogens with one attached hydrogen (secondary N) is 1. The molecule has 0 fully saturated rings. The van der Waals surface area contributed by atoms with Gasteiger partial charge in [-0.15, -0.1) is 0 Å². The SMILES string of the molecule is CCn1c(C)cc(/C=C(/C#N)C(=O)Nc2cccc(Cl)c2C)c1C. The number of aryl methyl sites for hydroxylation is 1. The molecule has 4 nitrogen and oxygen atoms in total. The molecule has 24 heavy (non-hydrogen) atoms. The smallest absolute Gasteiger partial charge is 0.266 e. The lowest BCUT2D eigenvalue weighted by Gasteiger charge is -2.09. The van der Waals surface area contributed by atoms with Crippen LogP contribution in [0.15, 0.2) is 29.8 Å². The van der Waals surface area contributed by atoms with Gasteiger partial charge in [-0.1, -0.05) is 17.7 Å². The van der Waals surface area contributed by atoms with Crippen molar-refractivity contribution in [2.75, 3.05) is 5.32 Å². The average molecular weight is 342 g/mol. The number of amides is 1. The number of aromatic nitrogens is 1. The van der Waals surface area contributed by atoms with E-state index in [-0.39, 0.29) is 5.57 Å².